The molecule has 0 aliphatic rings. The Kier molecular flexibility index (Phi) is 4.60. The van der Waals surface area contributed by atoms with Gasteiger partial charge in [0.1, 0.15) is 11.6 Å². The summed E-state index contributed by atoms with van der Waals surface area (Å²) < 4.78 is 7.27. The summed E-state index contributed by atoms with van der Waals surface area (Å²) in [5.74, 6) is 1.40. The topological polar surface area (TPSA) is 82.2 Å². The van der Waals surface area contributed by atoms with E-state index in [2.05, 4.69) is 10.3 Å². The highest BCUT2D eigenvalue weighted by atomic mass is 16.5. The number of nitrogen functional groups attached to an aromatic ring is 1. The Hall–Kier alpha value is -2.50. The third-order valence-electron chi connectivity index (χ3n) is 2.84. The van der Waals surface area contributed by atoms with Crippen molar-refractivity contribution in [2.24, 2.45) is 7.05 Å². The molecule has 106 valence electrons. The van der Waals surface area contributed by atoms with Crippen LogP contribution in [0.15, 0.2) is 36.7 Å². The molecule has 0 atom stereocenters. The molecule has 20 heavy (non-hydrogen) atoms. The van der Waals surface area contributed by atoms with Gasteiger partial charge in [-0.15, -0.1) is 0 Å². The van der Waals surface area contributed by atoms with Crippen LogP contribution in [0.3, 0.4) is 0 Å². The molecular weight excluding hydrogens is 256 g/mol. The van der Waals surface area contributed by atoms with E-state index in [1.54, 1.807) is 30.5 Å². The number of nitrogens with two attached hydrogens (primary N) is 1. The van der Waals surface area contributed by atoms with Gasteiger partial charge < -0.3 is 20.4 Å². The predicted molar refractivity (Wildman–Crippen MR) is 76.3 cm³/mol. The molecule has 0 spiro atoms. The van der Waals surface area contributed by atoms with Crippen molar-refractivity contribution in [1.29, 1.82) is 0 Å². The van der Waals surface area contributed by atoms with Crippen LogP contribution in [0.4, 0.5) is 5.69 Å². The van der Waals surface area contributed by atoms with Crippen molar-refractivity contribution in [1.82, 2.24) is 14.9 Å². The van der Waals surface area contributed by atoms with Crippen molar-refractivity contribution in [3.05, 3.63) is 42.5 Å². The lowest BCUT2D eigenvalue weighted by molar-refractivity contribution is -0.123. The fraction of sp³-hybridized carbons (Fsp3) is 0.286. The van der Waals surface area contributed by atoms with Crippen molar-refractivity contribution >= 4 is 11.6 Å². The van der Waals surface area contributed by atoms with Gasteiger partial charge in [0.05, 0.1) is 0 Å². The van der Waals surface area contributed by atoms with Crippen LogP contribution in [0.5, 0.6) is 5.75 Å². The van der Waals surface area contributed by atoms with E-state index in [9.17, 15) is 4.79 Å². The van der Waals surface area contributed by atoms with Crippen LogP contribution in [-0.2, 0) is 18.3 Å². The van der Waals surface area contributed by atoms with Gasteiger partial charge in [0.15, 0.2) is 6.61 Å². The van der Waals surface area contributed by atoms with Gasteiger partial charge in [-0.2, -0.15) is 0 Å². The zero-order valence-corrected chi connectivity index (χ0v) is 11.4. The molecule has 1 heterocycles. The van der Waals surface area contributed by atoms with E-state index < -0.39 is 0 Å². The lowest BCUT2D eigenvalue weighted by Gasteiger charge is -2.07. The fourth-order valence-electron chi connectivity index (χ4n) is 1.72. The first kappa shape index (κ1) is 13.9. The van der Waals surface area contributed by atoms with Crippen LogP contribution >= 0.6 is 0 Å². The molecule has 6 heteroatoms. The molecule has 0 saturated carbocycles. The highest BCUT2D eigenvalue weighted by Gasteiger charge is 2.04. The summed E-state index contributed by atoms with van der Waals surface area (Å²) in [6.45, 7) is 0.527. The van der Waals surface area contributed by atoms with Crippen LogP contribution in [-0.4, -0.2) is 28.6 Å². The van der Waals surface area contributed by atoms with E-state index in [0.29, 0.717) is 24.4 Å². The molecule has 1 aromatic heterocycles. The van der Waals surface area contributed by atoms with Crippen LogP contribution in [0.25, 0.3) is 0 Å². The number of imidazole rings is 1. The van der Waals surface area contributed by atoms with Gasteiger partial charge in [0, 0.05) is 38.1 Å². The molecule has 1 aromatic carbocycles. The van der Waals surface area contributed by atoms with E-state index >= 15 is 0 Å². The zero-order valence-electron chi connectivity index (χ0n) is 11.4. The Morgan fingerprint density at radius 1 is 1.40 bits per heavy atom. The minimum absolute atomic E-state index is 0.00944. The smallest absolute Gasteiger partial charge is 0.257 e. The number of aromatic nitrogens is 2. The molecule has 3 N–H and O–H groups in total. The quantitative estimate of drug-likeness (QED) is 0.761. The van der Waals surface area contributed by atoms with Gasteiger partial charge in [-0.25, -0.2) is 4.98 Å². The summed E-state index contributed by atoms with van der Waals surface area (Å²) in [6, 6.07) is 6.93. The molecule has 2 rings (SSSR count). The Morgan fingerprint density at radius 2 is 2.15 bits per heavy atom. The predicted octanol–water partition coefficient (Wildman–Crippen LogP) is 0.740. The van der Waals surface area contributed by atoms with Crippen LogP contribution in [0.1, 0.15) is 5.82 Å². The van der Waals surface area contributed by atoms with Crippen molar-refractivity contribution in [2.75, 3.05) is 18.9 Å². The third kappa shape index (κ3) is 4.01. The summed E-state index contributed by atoms with van der Waals surface area (Å²) >= 11 is 0. The molecule has 0 bridgehead atoms. The van der Waals surface area contributed by atoms with Crippen molar-refractivity contribution in [2.45, 2.75) is 6.42 Å². The summed E-state index contributed by atoms with van der Waals surface area (Å²) in [5.41, 5.74) is 6.23. The minimum Gasteiger partial charge on any atom is -0.484 e. The van der Waals surface area contributed by atoms with E-state index in [-0.39, 0.29) is 12.5 Å². The minimum atomic E-state index is -0.156. The lowest BCUT2D eigenvalue weighted by atomic mass is 10.3. The molecule has 0 radical (unpaired) electrons. The number of carbonyl (C=O) groups excluding carboxylic acids is 1. The number of hydrogen-bond donors (Lipinski definition) is 2. The SMILES string of the molecule is Cn1ccnc1CCNC(=O)COc1ccc(N)cc1. The van der Waals surface area contributed by atoms with Crippen LogP contribution in [0, 0.1) is 0 Å². The van der Waals surface area contributed by atoms with Gasteiger partial charge >= 0.3 is 0 Å². The number of anilines is 1. The van der Waals surface area contributed by atoms with Gasteiger partial charge in [0.25, 0.3) is 5.91 Å². The maximum Gasteiger partial charge on any atom is 0.257 e. The van der Waals surface area contributed by atoms with E-state index in [1.165, 1.54) is 0 Å². The van der Waals surface area contributed by atoms with Crippen LogP contribution in [0.2, 0.25) is 0 Å². The molecule has 0 aliphatic heterocycles. The molecule has 0 aliphatic carbocycles. The van der Waals surface area contributed by atoms with Crippen molar-refractivity contribution in [3.63, 3.8) is 0 Å². The number of nitrogens with one attached hydrogen (secondary N) is 1. The number of nitrogens with zero attached hydrogens (tertiary/aromatic N) is 2. The van der Waals surface area contributed by atoms with E-state index in [1.807, 2.05) is 17.8 Å². The molecule has 2 aromatic rings. The number of rotatable bonds is 6. The Morgan fingerprint density at radius 3 is 2.80 bits per heavy atom. The molecule has 1 amide bonds. The first-order valence-electron chi connectivity index (χ1n) is 6.36. The third-order valence-corrected chi connectivity index (χ3v) is 2.84. The number of hydrogen-bond acceptors (Lipinski definition) is 4. The van der Waals surface area contributed by atoms with Crippen LogP contribution < -0.4 is 15.8 Å². The monoisotopic (exact) mass is 274 g/mol. The Balaban J connectivity index is 1.68. The average molecular weight is 274 g/mol. The number of carbonyl (C=O) groups is 1. The average Bonchev–Trinajstić information content (AvgIpc) is 2.84. The van der Waals surface area contributed by atoms with Crippen molar-refractivity contribution in [3.8, 4) is 5.75 Å². The second kappa shape index (κ2) is 6.60. The summed E-state index contributed by atoms with van der Waals surface area (Å²) in [4.78, 5) is 15.8. The number of benzene rings is 1. The molecular formula is C14H18N4O2. The van der Waals surface area contributed by atoms with E-state index in [0.717, 1.165) is 5.82 Å². The van der Waals surface area contributed by atoms with Crippen molar-refractivity contribution < 1.29 is 9.53 Å². The van der Waals surface area contributed by atoms with Gasteiger partial charge in [0.2, 0.25) is 0 Å². The normalized spacial score (nSPS) is 10.2. The first-order valence-corrected chi connectivity index (χ1v) is 6.36. The maximum atomic E-state index is 11.6. The fourth-order valence-corrected chi connectivity index (χ4v) is 1.72. The second-order valence-corrected chi connectivity index (χ2v) is 4.41. The van der Waals surface area contributed by atoms with E-state index in [4.69, 9.17) is 10.5 Å². The Bertz CT molecular complexity index is 563. The number of amides is 1. The van der Waals surface area contributed by atoms with Gasteiger partial charge in [-0.1, -0.05) is 0 Å². The summed E-state index contributed by atoms with van der Waals surface area (Å²) in [7, 11) is 1.92. The van der Waals surface area contributed by atoms with Gasteiger partial charge in [-0.3, -0.25) is 4.79 Å². The number of aryl methyl sites for hydroxylation is 1. The highest BCUT2D eigenvalue weighted by Crippen LogP contribution is 2.12. The van der Waals surface area contributed by atoms with Gasteiger partial charge in [-0.05, 0) is 24.3 Å². The number of ether oxygens (including phenoxy) is 1. The summed E-state index contributed by atoms with van der Waals surface area (Å²) in [5, 5.41) is 2.79. The summed E-state index contributed by atoms with van der Waals surface area (Å²) in [6.07, 6.45) is 4.31. The lowest BCUT2D eigenvalue weighted by Crippen LogP contribution is -2.31. The molecule has 0 saturated heterocycles. The highest BCUT2D eigenvalue weighted by molar-refractivity contribution is 5.77. The molecule has 0 unspecified atom stereocenters. The molecule has 0 fully saturated rings. The molecule has 6 nitrogen and oxygen atoms in total. The zero-order chi connectivity index (χ0) is 14.4. The Labute approximate surface area is 117 Å². The maximum absolute atomic E-state index is 11.6. The largest absolute Gasteiger partial charge is 0.484 e. The standard InChI is InChI=1S/C14H18N4O2/c1-18-9-8-16-13(18)6-7-17-14(19)10-20-12-4-2-11(15)3-5-12/h2-5,8-9H,6-7,10,15H2,1H3,(H,17,19). The second-order valence-electron chi connectivity index (χ2n) is 4.41. The first-order chi connectivity index (χ1) is 9.65.